The van der Waals surface area contributed by atoms with Crippen LogP contribution in [0.25, 0.3) is 10.8 Å². The van der Waals surface area contributed by atoms with E-state index in [1.54, 1.807) is 4.90 Å². The maximum Gasteiger partial charge on any atom is 0.344 e. The fourth-order valence-electron chi connectivity index (χ4n) is 3.26. The lowest BCUT2D eigenvalue weighted by Gasteiger charge is -2.17. The summed E-state index contributed by atoms with van der Waals surface area (Å²) in [5.74, 6) is -0.201. The van der Waals surface area contributed by atoms with Gasteiger partial charge in [0.1, 0.15) is 5.75 Å². The van der Waals surface area contributed by atoms with Crippen molar-refractivity contribution in [3.8, 4) is 5.75 Å². The number of amides is 1. The molecule has 0 saturated heterocycles. The molecule has 4 rings (SSSR count). The lowest BCUT2D eigenvalue weighted by atomic mass is 10.1. The van der Waals surface area contributed by atoms with Gasteiger partial charge < -0.3 is 14.4 Å². The lowest BCUT2D eigenvalue weighted by molar-refractivity contribution is -0.149. The van der Waals surface area contributed by atoms with Gasteiger partial charge in [-0.05, 0) is 41.0 Å². The summed E-state index contributed by atoms with van der Waals surface area (Å²) in [5, 5.41) is 2.13. The van der Waals surface area contributed by atoms with E-state index < -0.39 is 5.97 Å². The maximum atomic E-state index is 12.3. The summed E-state index contributed by atoms with van der Waals surface area (Å²) in [4.78, 5) is 25.9. The molecule has 0 atom stereocenters. The molecule has 0 fully saturated rings. The number of carbonyl (C=O) groups excluding carboxylic acids is 2. The molecule has 27 heavy (non-hydrogen) atoms. The highest BCUT2D eigenvalue weighted by molar-refractivity contribution is 5.97. The third kappa shape index (κ3) is 3.77. The molecule has 3 aromatic carbocycles. The number of hydrogen-bond acceptors (Lipinski definition) is 4. The van der Waals surface area contributed by atoms with Gasteiger partial charge in [0, 0.05) is 12.2 Å². The Labute approximate surface area is 157 Å². The maximum absolute atomic E-state index is 12.3. The van der Waals surface area contributed by atoms with Crippen LogP contribution in [0.2, 0.25) is 0 Å². The normalized spacial score (nSPS) is 12.7. The summed E-state index contributed by atoms with van der Waals surface area (Å²) in [7, 11) is 0. The quantitative estimate of drug-likeness (QED) is 0.654. The van der Waals surface area contributed by atoms with Crippen LogP contribution in [0.4, 0.5) is 5.69 Å². The number of nitrogens with zero attached hydrogens (tertiary/aromatic N) is 1. The fourth-order valence-corrected chi connectivity index (χ4v) is 3.26. The molecular formula is C22H19NO4. The SMILES string of the molecule is O=C(COc1ccc2ccccc2c1)OCC(=O)N1CCc2ccccc21. The van der Waals surface area contributed by atoms with E-state index in [9.17, 15) is 9.59 Å². The Morgan fingerprint density at radius 1 is 0.889 bits per heavy atom. The van der Waals surface area contributed by atoms with Crippen LogP contribution in [0.3, 0.4) is 0 Å². The Bertz CT molecular complexity index is 998. The standard InChI is InChI=1S/C22H19NO4/c24-21(23-12-11-17-6-3-4-8-20(17)23)14-27-22(25)15-26-19-10-9-16-5-1-2-7-18(16)13-19/h1-10,13H,11-12,14-15H2. The van der Waals surface area contributed by atoms with Crippen LogP contribution in [0.15, 0.2) is 66.7 Å². The van der Waals surface area contributed by atoms with Crippen molar-refractivity contribution >= 4 is 28.3 Å². The van der Waals surface area contributed by atoms with E-state index in [0.717, 1.165) is 28.4 Å². The third-order valence-corrected chi connectivity index (χ3v) is 4.62. The Morgan fingerprint density at radius 3 is 2.56 bits per heavy atom. The van der Waals surface area contributed by atoms with Crippen LogP contribution in [-0.2, 0) is 20.7 Å². The predicted octanol–water partition coefficient (Wildman–Crippen LogP) is 3.35. The van der Waals surface area contributed by atoms with Crippen molar-refractivity contribution in [1.29, 1.82) is 0 Å². The number of carbonyl (C=O) groups is 2. The summed E-state index contributed by atoms with van der Waals surface area (Å²) in [6, 6.07) is 21.3. The molecule has 0 aliphatic carbocycles. The number of benzene rings is 3. The number of ether oxygens (including phenoxy) is 2. The Morgan fingerprint density at radius 2 is 1.67 bits per heavy atom. The van der Waals surface area contributed by atoms with Gasteiger partial charge in [-0.25, -0.2) is 4.79 Å². The second-order valence-electron chi connectivity index (χ2n) is 6.38. The van der Waals surface area contributed by atoms with Gasteiger partial charge in [-0.3, -0.25) is 4.79 Å². The molecule has 3 aromatic rings. The molecule has 0 radical (unpaired) electrons. The van der Waals surface area contributed by atoms with Gasteiger partial charge in [-0.2, -0.15) is 0 Å². The molecular weight excluding hydrogens is 342 g/mol. The van der Waals surface area contributed by atoms with E-state index in [0.29, 0.717) is 12.3 Å². The van der Waals surface area contributed by atoms with Gasteiger partial charge in [0.15, 0.2) is 13.2 Å². The van der Waals surface area contributed by atoms with Crippen LogP contribution in [0.1, 0.15) is 5.56 Å². The molecule has 0 unspecified atom stereocenters. The Hall–Kier alpha value is -3.34. The average molecular weight is 361 g/mol. The molecule has 136 valence electrons. The molecule has 0 bridgehead atoms. The van der Waals surface area contributed by atoms with Crippen LogP contribution in [0.5, 0.6) is 5.75 Å². The average Bonchev–Trinajstić information content (AvgIpc) is 3.14. The van der Waals surface area contributed by atoms with Gasteiger partial charge in [0.25, 0.3) is 5.91 Å². The molecule has 0 N–H and O–H groups in total. The van der Waals surface area contributed by atoms with E-state index in [1.807, 2.05) is 66.7 Å². The van der Waals surface area contributed by atoms with Crippen LogP contribution in [0, 0.1) is 0 Å². The van der Waals surface area contributed by atoms with E-state index in [4.69, 9.17) is 9.47 Å². The zero-order valence-electron chi connectivity index (χ0n) is 14.8. The highest BCUT2D eigenvalue weighted by Crippen LogP contribution is 2.27. The zero-order chi connectivity index (χ0) is 18.6. The number of hydrogen-bond donors (Lipinski definition) is 0. The molecule has 1 aliphatic heterocycles. The van der Waals surface area contributed by atoms with Crippen molar-refractivity contribution in [2.24, 2.45) is 0 Å². The first-order chi connectivity index (χ1) is 13.2. The molecule has 5 heteroatoms. The number of fused-ring (bicyclic) bond motifs is 2. The Balaban J connectivity index is 1.29. The minimum atomic E-state index is -0.566. The second kappa shape index (κ2) is 7.50. The van der Waals surface area contributed by atoms with Crippen molar-refractivity contribution in [2.45, 2.75) is 6.42 Å². The van der Waals surface area contributed by atoms with Crippen LogP contribution in [-0.4, -0.2) is 31.6 Å². The smallest absolute Gasteiger partial charge is 0.344 e. The topological polar surface area (TPSA) is 55.8 Å². The molecule has 1 amide bonds. The van der Waals surface area contributed by atoms with Crippen LogP contribution < -0.4 is 9.64 Å². The number of para-hydroxylation sites is 1. The van der Waals surface area contributed by atoms with Crippen molar-refractivity contribution in [1.82, 2.24) is 0 Å². The molecule has 1 heterocycles. The summed E-state index contributed by atoms with van der Waals surface area (Å²) in [6.45, 7) is 0.0970. The molecule has 0 saturated carbocycles. The minimum absolute atomic E-state index is 0.223. The van der Waals surface area contributed by atoms with E-state index in [1.165, 1.54) is 0 Å². The van der Waals surface area contributed by atoms with E-state index >= 15 is 0 Å². The van der Waals surface area contributed by atoms with E-state index in [-0.39, 0.29) is 19.1 Å². The summed E-state index contributed by atoms with van der Waals surface area (Å²) >= 11 is 0. The molecule has 1 aliphatic rings. The van der Waals surface area contributed by atoms with Crippen molar-refractivity contribution in [2.75, 3.05) is 24.7 Å². The van der Waals surface area contributed by atoms with Gasteiger partial charge in [0.05, 0.1) is 0 Å². The van der Waals surface area contributed by atoms with Crippen molar-refractivity contribution < 1.29 is 19.1 Å². The molecule has 0 spiro atoms. The first kappa shape index (κ1) is 17.1. The first-order valence-electron chi connectivity index (χ1n) is 8.86. The fraction of sp³-hybridized carbons (Fsp3) is 0.182. The summed E-state index contributed by atoms with van der Waals surface area (Å²) in [5.41, 5.74) is 2.03. The van der Waals surface area contributed by atoms with Crippen molar-refractivity contribution in [3.05, 3.63) is 72.3 Å². The van der Waals surface area contributed by atoms with Crippen LogP contribution >= 0.6 is 0 Å². The van der Waals surface area contributed by atoms with Gasteiger partial charge in [-0.1, -0.05) is 48.5 Å². The number of anilines is 1. The lowest BCUT2D eigenvalue weighted by Crippen LogP contribution is -2.33. The summed E-state index contributed by atoms with van der Waals surface area (Å²) in [6.07, 6.45) is 0.820. The first-order valence-corrected chi connectivity index (χ1v) is 8.86. The van der Waals surface area contributed by atoms with E-state index in [2.05, 4.69) is 0 Å². The van der Waals surface area contributed by atoms with Gasteiger partial charge in [-0.15, -0.1) is 0 Å². The minimum Gasteiger partial charge on any atom is -0.482 e. The highest BCUT2D eigenvalue weighted by Gasteiger charge is 2.24. The van der Waals surface area contributed by atoms with Crippen molar-refractivity contribution in [3.63, 3.8) is 0 Å². The number of esters is 1. The van der Waals surface area contributed by atoms with Gasteiger partial charge in [0.2, 0.25) is 0 Å². The monoisotopic (exact) mass is 361 g/mol. The number of rotatable bonds is 5. The predicted molar refractivity (Wildman–Crippen MR) is 103 cm³/mol. The molecule has 5 nitrogen and oxygen atoms in total. The third-order valence-electron chi connectivity index (χ3n) is 4.62. The zero-order valence-corrected chi connectivity index (χ0v) is 14.8. The largest absolute Gasteiger partial charge is 0.482 e. The van der Waals surface area contributed by atoms with Gasteiger partial charge >= 0.3 is 5.97 Å². The highest BCUT2D eigenvalue weighted by atomic mass is 16.6. The second-order valence-corrected chi connectivity index (χ2v) is 6.38. The Kier molecular flexibility index (Phi) is 4.75. The molecule has 0 aromatic heterocycles. The summed E-state index contributed by atoms with van der Waals surface area (Å²) < 4.78 is 10.6.